The first-order chi connectivity index (χ1) is 22.2. The van der Waals surface area contributed by atoms with Gasteiger partial charge in [0.25, 0.3) is 0 Å². The van der Waals surface area contributed by atoms with Gasteiger partial charge >= 0.3 is 11.9 Å². The van der Waals surface area contributed by atoms with E-state index in [4.69, 9.17) is 0 Å². The lowest BCUT2D eigenvalue weighted by molar-refractivity contribution is -0.726. The Bertz CT molecular complexity index is 1470. The molecule has 0 aliphatic carbocycles. The molecular weight excluding hydrogens is 615 g/mol. The molecule has 4 aromatic rings. The number of hydrogen-bond donors (Lipinski definition) is 0. The number of rotatable bonds is 15. The van der Waals surface area contributed by atoms with Crippen LogP contribution >= 0.6 is 21.6 Å². The maximum absolute atomic E-state index is 14.3. The normalized spacial score (nSPS) is 11.6. The second-order valence-electron chi connectivity index (χ2n) is 11.3. The van der Waals surface area contributed by atoms with Gasteiger partial charge in [0.1, 0.15) is 13.1 Å². The summed E-state index contributed by atoms with van der Waals surface area (Å²) in [7, 11) is 8.06. The molecule has 0 unspecified atom stereocenters. The van der Waals surface area contributed by atoms with Crippen molar-refractivity contribution in [2.75, 3.05) is 48.5 Å². The molecule has 4 nitrogen and oxygen atoms in total. The maximum atomic E-state index is 14.3. The lowest BCUT2D eigenvalue weighted by Crippen LogP contribution is -2.40. The molecule has 0 bridgehead atoms. The Balaban J connectivity index is 1.15. The monoisotopic (exact) mass is 660 g/mol. The van der Waals surface area contributed by atoms with Crippen molar-refractivity contribution in [1.82, 2.24) is 0 Å². The Morgan fingerprint density at radius 2 is 0.913 bits per heavy atom. The molecular formula is C38H46F2N4S2+2. The Morgan fingerprint density at radius 3 is 1.24 bits per heavy atom. The van der Waals surface area contributed by atoms with Crippen molar-refractivity contribution in [3.05, 3.63) is 118 Å². The summed E-state index contributed by atoms with van der Waals surface area (Å²) in [5, 5.41) is 0. The van der Waals surface area contributed by atoms with Crippen molar-refractivity contribution in [3.63, 3.8) is 0 Å². The molecule has 242 valence electrons. The second kappa shape index (κ2) is 17.3. The quantitative estimate of drug-likeness (QED) is 0.0549. The first-order valence-electron chi connectivity index (χ1n) is 15.8. The van der Waals surface area contributed by atoms with Crippen molar-refractivity contribution in [2.24, 2.45) is 0 Å². The van der Waals surface area contributed by atoms with E-state index in [1.54, 1.807) is 21.3 Å². The van der Waals surface area contributed by atoms with Crippen molar-refractivity contribution in [2.45, 2.75) is 40.8 Å². The third kappa shape index (κ3) is 9.94. The molecule has 2 aromatic heterocycles. The summed E-state index contributed by atoms with van der Waals surface area (Å²) < 4.78 is 31.9. The molecule has 0 radical (unpaired) electrons. The number of pyridine rings is 2. The summed E-state index contributed by atoms with van der Waals surface area (Å²) in [4.78, 5) is 4.55. The maximum Gasteiger partial charge on any atom is 0.360 e. The first kappa shape index (κ1) is 35.2. The molecule has 0 aliphatic heterocycles. The smallest absolute Gasteiger partial charge is 0.360 e. The molecule has 0 amide bonds. The van der Waals surface area contributed by atoms with Crippen LogP contribution < -0.4 is 18.9 Å². The zero-order valence-corrected chi connectivity index (χ0v) is 29.5. The van der Waals surface area contributed by atoms with Gasteiger partial charge in [-0.25, -0.2) is 0 Å². The second-order valence-corrected chi connectivity index (χ2v) is 14.0. The molecule has 0 saturated heterocycles. The summed E-state index contributed by atoms with van der Waals surface area (Å²) in [6.45, 7) is 10.9. The van der Waals surface area contributed by atoms with Crippen LogP contribution in [0.1, 0.15) is 47.5 Å². The van der Waals surface area contributed by atoms with Crippen molar-refractivity contribution in [1.29, 1.82) is 0 Å². The van der Waals surface area contributed by atoms with Crippen LogP contribution in [0.3, 0.4) is 0 Å². The van der Waals surface area contributed by atoms with E-state index in [1.165, 1.54) is 11.4 Å². The molecule has 0 fully saturated rings. The van der Waals surface area contributed by atoms with E-state index in [9.17, 15) is 8.78 Å². The Labute approximate surface area is 281 Å². The highest BCUT2D eigenvalue weighted by molar-refractivity contribution is 8.76. The molecule has 4 rings (SSSR count). The first-order valence-corrected chi connectivity index (χ1v) is 18.3. The molecule has 8 heteroatoms. The van der Waals surface area contributed by atoms with Gasteiger partial charge in [0.2, 0.25) is 0 Å². The third-order valence-electron chi connectivity index (χ3n) is 8.03. The van der Waals surface area contributed by atoms with Gasteiger partial charge in [-0.15, -0.1) is 8.78 Å². The van der Waals surface area contributed by atoms with Crippen LogP contribution in [0, 0.1) is 25.7 Å². The van der Waals surface area contributed by atoms with Gasteiger partial charge < -0.3 is 9.80 Å². The highest BCUT2D eigenvalue weighted by Crippen LogP contribution is 2.24. The number of hydrogen-bond acceptors (Lipinski definition) is 4. The minimum atomic E-state index is -0.207. The molecule has 0 aliphatic rings. The van der Waals surface area contributed by atoms with Gasteiger partial charge in [-0.3, -0.25) is 0 Å². The Kier molecular flexibility index (Phi) is 13.3. The SMILES string of the molecule is CC[n+]1c(C)cc(/C=C/c2ccc(N(C)CCSSCCN(C)c3ccc(/C=C/c4cc(C)[n+](CC)c(F)c4)cc3)cc2)cc1F. The van der Waals surface area contributed by atoms with E-state index >= 15 is 0 Å². The summed E-state index contributed by atoms with van der Waals surface area (Å²) in [5.74, 6) is 1.66. The number of anilines is 2. The molecule has 46 heavy (non-hydrogen) atoms. The fraction of sp³-hybridized carbons (Fsp3) is 0.316. The number of aromatic nitrogens is 2. The standard InChI is InChI=1S/C38H46F2N4S2/c1-7-43-29(3)25-33(27-37(43)39)11-9-31-13-17-35(18-14-31)41(5)21-23-45-46-24-22-42(6)36-19-15-32(16-20-36)10-12-34-26-30(4)44(8-2)38(40)28-34/h9-20,25-28H,7-8,21-24H2,1-6H3/q+2. The van der Waals surface area contributed by atoms with E-state index < -0.39 is 0 Å². The number of nitrogens with zero attached hydrogens (tertiary/aromatic N) is 4. The van der Waals surface area contributed by atoms with Crippen LogP contribution in [0.5, 0.6) is 0 Å². The summed E-state index contributed by atoms with van der Waals surface area (Å²) in [6.07, 6.45) is 7.98. The summed E-state index contributed by atoms with van der Waals surface area (Å²) in [6, 6.07) is 24.2. The molecule has 0 atom stereocenters. The van der Waals surface area contributed by atoms with Gasteiger partial charge in [0, 0.05) is 88.2 Å². The highest BCUT2D eigenvalue weighted by Gasteiger charge is 2.13. The lowest BCUT2D eigenvalue weighted by Gasteiger charge is -2.20. The minimum absolute atomic E-state index is 0.207. The minimum Gasteiger partial charge on any atom is -0.374 e. The summed E-state index contributed by atoms with van der Waals surface area (Å²) in [5.41, 5.74) is 8.11. The lowest BCUT2D eigenvalue weighted by atomic mass is 10.1. The average Bonchev–Trinajstić information content (AvgIpc) is 3.04. The van der Waals surface area contributed by atoms with Gasteiger partial charge in [0.05, 0.1) is 0 Å². The largest absolute Gasteiger partial charge is 0.374 e. The van der Waals surface area contributed by atoms with Gasteiger partial charge in [0.15, 0.2) is 11.4 Å². The predicted molar refractivity (Wildman–Crippen MR) is 196 cm³/mol. The van der Waals surface area contributed by atoms with E-state index in [2.05, 4.69) is 72.4 Å². The van der Waals surface area contributed by atoms with Crippen molar-refractivity contribution in [3.8, 4) is 0 Å². The Morgan fingerprint density at radius 1 is 0.565 bits per heavy atom. The average molecular weight is 661 g/mol. The van der Waals surface area contributed by atoms with Gasteiger partial charge in [-0.2, -0.15) is 9.13 Å². The number of halogens is 2. The Hall–Kier alpha value is -3.62. The highest BCUT2D eigenvalue weighted by atomic mass is 33.1. The van der Waals surface area contributed by atoms with Crippen LogP contribution in [0.15, 0.2) is 72.8 Å². The molecule has 0 N–H and O–H groups in total. The van der Waals surface area contributed by atoms with Crippen LogP contribution in [-0.2, 0) is 13.1 Å². The fourth-order valence-corrected chi connectivity index (χ4v) is 7.36. The van der Waals surface area contributed by atoms with Crippen LogP contribution in [0.4, 0.5) is 20.2 Å². The fourth-order valence-electron chi connectivity index (χ4n) is 5.27. The van der Waals surface area contributed by atoms with Crippen molar-refractivity contribution < 1.29 is 17.9 Å². The van der Waals surface area contributed by atoms with Crippen LogP contribution in [0.25, 0.3) is 24.3 Å². The number of aryl methyl sites for hydroxylation is 2. The molecule has 0 spiro atoms. The zero-order chi connectivity index (χ0) is 33.1. The molecule has 2 aromatic carbocycles. The van der Waals surface area contributed by atoms with Crippen LogP contribution in [0.2, 0.25) is 0 Å². The van der Waals surface area contributed by atoms with Gasteiger partial charge in [-0.05, 0) is 60.4 Å². The van der Waals surface area contributed by atoms with Crippen molar-refractivity contribution >= 4 is 57.3 Å². The van der Waals surface area contributed by atoms with E-state index in [1.807, 2.05) is 85.7 Å². The topological polar surface area (TPSA) is 14.2 Å². The zero-order valence-electron chi connectivity index (χ0n) is 27.8. The van der Waals surface area contributed by atoms with E-state index in [-0.39, 0.29) is 11.9 Å². The predicted octanol–water partition coefficient (Wildman–Crippen LogP) is 8.49. The number of benzene rings is 2. The molecule has 0 saturated carbocycles. The van der Waals surface area contributed by atoms with E-state index in [0.29, 0.717) is 13.1 Å². The summed E-state index contributed by atoms with van der Waals surface area (Å²) >= 11 is 0. The third-order valence-corrected chi connectivity index (χ3v) is 10.4. The van der Waals surface area contributed by atoms with E-state index in [0.717, 1.165) is 58.2 Å². The van der Waals surface area contributed by atoms with Crippen LogP contribution in [-0.4, -0.2) is 38.7 Å². The molecule has 2 heterocycles. The van der Waals surface area contributed by atoms with Gasteiger partial charge in [-0.1, -0.05) is 70.2 Å².